The van der Waals surface area contributed by atoms with Crippen LogP contribution in [0.2, 0.25) is 0 Å². The fraction of sp³-hybridized carbons (Fsp3) is 0.368. The van der Waals surface area contributed by atoms with E-state index in [1.54, 1.807) is 13.0 Å². The van der Waals surface area contributed by atoms with Crippen molar-refractivity contribution in [2.75, 3.05) is 13.1 Å². The fourth-order valence-electron chi connectivity index (χ4n) is 3.24. The van der Waals surface area contributed by atoms with Crippen LogP contribution in [-0.2, 0) is 23.1 Å². The number of sulfonamides is 1. The van der Waals surface area contributed by atoms with Gasteiger partial charge >= 0.3 is 0 Å². The minimum absolute atomic E-state index is 0.0117. The Kier molecular flexibility index (Phi) is 5.22. The van der Waals surface area contributed by atoms with Gasteiger partial charge in [-0.15, -0.1) is 0 Å². The monoisotopic (exact) mass is 363 g/mol. The van der Waals surface area contributed by atoms with Crippen molar-refractivity contribution in [3.8, 4) is 0 Å². The lowest BCUT2D eigenvalue weighted by Gasteiger charge is -2.17. The van der Waals surface area contributed by atoms with Gasteiger partial charge < -0.3 is 5.11 Å². The lowest BCUT2D eigenvalue weighted by molar-refractivity contribution is 0.282. The fourth-order valence-corrected chi connectivity index (χ4v) is 4.92. The number of rotatable bonds is 5. The molecule has 0 radical (unpaired) electrons. The molecule has 1 aliphatic rings. The first-order valence-electron chi connectivity index (χ1n) is 8.35. The summed E-state index contributed by atoms with van der Waals surface area (Å²) in [6.45, 7) is 2.58. The Morgan fingerprint density at radius 1 is 1.16 bits per heavy atom. The van der Waals surface area contributed by atoms with Crippen molar-refractivity contribution in [1.29, 1.82) is 0 Å². The molecule has 0 spiro atoms. The van der Waals surface area contributed by atoms with Gasteiger partial charge in [-0.05, 0) is 54.5 Å². The van der Waals surface area contributed by atoms with E-state index in [9.17, 15) is 12.8 Å². The third-order valence-electron chi connectivity index (χ3n) is 4.68. The molecule has 1 aliphatic heterocycles. The largest absolute Gasteiger partial charge is 0.392 e. The van der Waals surface area contributed by atoms with E-state index in [2.05, 4.69) is 0 Å². The van der Waals surface area contributed by atoms with E-state index in [-0.39, 0.29) is 17.4 Å². The normalized spacial score (nSPS) is 18.6. The molecule has 1 saturated heterocycles. The molecule has 2 aromatic rings. The van der Waals surface area contributed by atoms with Crippen molar-refractivity contribution in [3.05, 3.63) is 65.0 Å². The van der Waals surface area contributed by atoms with Crippen molar-refractivity contribution < 1.29 is 17.9 Å². The zero-order valence-electron chi connectivity index (χ0n) is 14.2. The lowest BCUT2D eigenvalue weighted by atomic mass is 9.98. The predicted molar refractivity (Wildman–Crippen MR) is 94.1 cm³/mol. The molecule has 1 heterocycles. The van der Waals surface area contributed by atoms with Crippen molar-refractivity contribution in [2.24, 2.45) is 5.92 Å². The van der Waals surface area contributed by atoms with Crippen LogP contribution in [-0.4, -0.2) is 30.9 Å². The Balaban J connectivity index is 1.72. The molecule has 0 aromatic heterocycles. The Hall–Kier alpha value is -1.76. The third kappa shape index (κ3) is 3.92. The maximum atomic E-state index is 14.0. The standard InChI is InChI=1S/C19H22FNO3S/c1-14-2-7-18(20)19(10-14)25(23,24)21-9-8-17(12-21)11-15-3-5-16(13-22)6-4-15/h2-7,10,17,22H,8-9,11-13H2,1H3/t17-/m0/s1. The van der Waals surface area contributed by atoms with Gasteiger partial charge in [-0.1, -0.05) is 30.3 Å². The minimum Gasteiger partial charge on any atom is -0.392 e. The van der Waals surface area contributed by atoms with Crippen LogP contribution in [0.4, 0.5) is 4.39 Å². The predicted octanol–water partition coefficient (Wildman–Crippen LogP) is 2.88. The van der Waals surface area contributed by atoms with Gasteiger partial charge in [0.1, 0.15) is 10.7 Å². The summed E-state index contributed by atoms with van der Waals surface area (Å²) in [7, 11) is -3.80. The second kappa shape index (κ2) is 7.23. The molecule has 0 amide bonds. The van der Waals surface area contributed by atoms with Gasteiger partial charge in [0.05, 0.1) is 6.61 Å². The second-order valence-electron chi connectivity index (χ2n) is 6.63. The quantitative estimate of drug-likeness (QED) is 0.889. The van der Waals surface area contributed by atoms with E-state index in [0.29, 0.717) is 13.1 Å². The van der Waals surface area contributed by atoms with E-state index in [0.717, 1.165) is 29.5 Å². The topological polar surface area (TPSA) is 57.6 Å². The van der Waals surface area contributed by atoms with Crippen molar-refractivity contribution >= 4 is 10.0 Å². The van der Waals surface area contributed by atoms with Gasteiger partial charge in [0, 0.05) is 13.1 Å². The zero-order chi connectivity index (χ0) is 18.0. The maximum absolute atomic E-state index is 14.0. The first-order chi connectivity index (χ1) is 11.9. The number of nitrogens with zero attached hydrogens (tertiary/aromatic N) is 1. The van der Waals surface area contributed by atoms with Crippen LogP contribution in [0, 0.1) is 18.7 Å². The van der Waals surface area contributed by atoms with Crippen LogP contribution in [0.25, 0.3) is 0 Å². The first-order valence-corrected chi connectivity index (χ1v) is 9.79. The third-order valence-corrected chi connectivity index (χ3v) is 6.56. The zero-order valence-corrected chi connectivity index (χ0v) is 15.0. The van der Waals surface area contributed by atoms with Gasteiger partial charge in [0.25, 0.3) is 0 Å². The van der Waals surface area contributed by atoms with Gasteiger partial charge in [-0.25, -0.2) is 12.8 Å². The Bertz CT molecular complexity index is 849. The molecule has 2 aromatic carbocycles. The van der Waals surface area contributed by atoms with Crippen LogP contribution in [0.5, 0.6) is 0 Å². The van der Waals surface area contributed by atoms with E-state index in [1.165, 1.54) is 16.4 Å². The highest BCUT2D eigenvalue weighted by molar-refractivity contribution is 7.89. The number of hydrogen-bond donors (Lipinski definition) is 1. The molecule has 1 fully saturated rings. The Morgan fingerprint density at radius 3 is 2.52 bits per heavy atom. The molecule has 0 unspecified atom stereocenters. The summed E-state index contributed by atoms with van der Waals surface area (Å²) < 4.78 is 40.9. The highest BCUT2D eigenvalue weighted by Gasteiger charge is 2.34. The molecule has 25 heavy (non-hydrogen) atoms. The minimum atomic E-state index is -3.80. The summed E-state index contributed by atoms with van der Waals surface area (Å²) >= 11 is 0. The molecule has 0 aliphatic carbocycles. The highest BCUT2D eigenvalue weighted by Crippen LogP contribution is 2.28. The van der Waals surface area contributed by atoms with Gasteiger partial charge in [0.2, 0.25) is 10.0 Å². The molecule has 0 bridgehead atoms. The number of aliphatic hydroxyl groups is 1. The number of hydrogen-bond acceptors (Lipinski definition) is 3. The average molecular weight is 363 g/mol. The molecule has 1 atom stereocenters. The van der Waals surface area contributed by atoms with Crippen LogP contribution in [0.15, 0.2) is 47.4 Å². The maximum Gasteiger partial charge on any atom is 0.246 e. The summed E-state index contributed by atoms with van der Waals surface area (Å²) in [5, 5.41) is 9.08. The number of benzene rings is 2. The van der Waals surface area contributed by atoms with Crippen LogP contribution in [0.1, 0.15) is 23.1 Å². The molecule has 0 saturated carbocycles. The molecule has 3 rings (SSSR count). The van der Waals surface area contributed by atoms with Gasteiger partial charge in [0.15, 0.2) is 0 Å². The summed E-state index contributed by atoms with van der Waals surface area (Å²) in [6, 6.07) is 11.8. The lowest BCUT2D eigenvalue weighted by Crippen LogP contribution is -2.30. The number of aliphatic hydroxyl groups excluding tert-OH is 1. The van der Waals surface area contributed by atoms with Crippen molar-refractivity contribution in [3.63, 3.8) is 0 Å². The smallest absolute Gasteiger partial charge is 0.246 e. The average Bonchev–Trinajstić information content (AvgIpc) is 3.07. The van der Waals surface area contributed by atoms with E-state index in [4.69, 9.17) is 5.11 Å². The Labute approximate surface area is 148 Å². The molecule has 4 nitrogen and oxygen atoms in total. The molecular formula is C19H22FNO3S. The van der Waals surface area contributed by atoms with Gasteiger partial charge in [-0.2, -0.15) is 4.31 Å². The van der Waals surface area contributed by atoms with Gasteiger partial charge in [-0.3, -0.25) is 0 Å². The SMILES string of the molecule is Cc1ccc(F)c(S(=O)(=O)N2CC[C@@H](Cc3ccc(CO)cc3)C2)c1. The highest BCUT2D eigenvalue weighted by atomic mass is 32.2. The van der Waals surface area contributed by atoms with Crippen LogP contribution >= 0.6 is 0 Å². The van der Waals surface area contributed by atoms with E-state index in [1.807, 2.05) is 24.3 Å². The van der Waals surface area contributed by atoms with Crippen molar-refractivity contribution in [2.45, 2.75) is 31.3 Å². The van der Waals surface area contributed by atoms with E-state index >= 15 is 0 Å². The summed E-state index contributed by atoms with van der Waals surface area (Å²) in [6.07, 6.45) is 1.53. The first kappa shape index (κ1) is 18.0. The summed E-state index contributed by atoms with van der Waals surface area (Å²) in [5.41, 5.74) is 2.69. The molecule has 6 heteroatoms. The summed E-state index contributed by atoms with van der Waals surface area (Å²) in [5.74, 6) is -0.490. The Morgan fingerprint density at radius 2 is 1.84 bits per heavy atom. The molecule has 1 N–H and O–H groups in total. The van der Waals surface area contributed by atoms with Crippen LogP contribution in [0.3, 0.4) is 0 Å². The van der Waals surface area contributed by atoms with Crippen molar-refractivity contribution in [1.82, 2.24) is 4.31 Å². The van der Waals surface area contributed by atoms with E-state index < -0.39 is 15.8 Å². The van der Waals surface area contributed by atoms with Crippen LogP contribution < -0.4 is 0 Å². The summed E-state index contributed by atoms with van der Waals surface area (Å²) in [4.78, 5) is -0.236. The molecular weight excluding hydrogens is 341 g/mol. The number of halogens is 1. The molecule has 134 valence electrons. The number of aryl methyl sites for hydroxylation is 1. The second-order valence-corrected chi connectivity index (χ2v) is 8.54.